The van der Waals surface area contributed by atoms with Crippen molar-refractivity contribution in [3.05, 3.63) is 58.2 Å². The summed E-state index contributed by atoms with van der Waals surface area (Å²) in [6.07, 6.45) is -3.62. The van der Waals surface area contributed by atoms with E-state index >= 15 is 0 Å². The van der Waals surface area contributed by atoms with Crippen LogP contribution >= 0.6 is 15.9 Å². The maximum absolute atomic E-state index is 12.4. The molecule has 0 unspecified atom stereocenters. The highest BCUT2D eigenvalue weighted by Crippen LogP contribution is 2.28. The Hall–Kier alpha value is -1.89. The predicted octanol–water partition coefficient (Wildman–Crippen LogP) is 4.70. The maximum Gasteiger partial charge on any atom is 0.417 e. The molecule has 0 saturated carbocycles. The second-order valence-electron chi connectivity index (χ2n) is 4.22. The number of hydrazone groups is 1. The number of hydrogen-bond acceptors (Lipinski definition) is 3. The molecule has 0 aliphatic heterocycles. The van der Waals surface area contributed by atoms with E-state index in [0.29, 0.717) is 5.71 Å². The topological polar surface area (TPSA) is 37.3 Å². The van der Waals surface area contributed by atoms with Crippen LogP contribution in [0.4, 0.5) is 19.0 Å². The van der Waals surface area contributed by atoms with E-state index in [0.717, 1.165) is 22.3 Å². The molecule has 0 aliphatic rings. The Morgan fingerprint density at radius 2 is 1.90 bits per heavy atom. The van der Waals surface area contributed by atoms with Gasteiger partial charge in [0.2, 0.25) is 0 Å². The monoisotopic (exact) mass is 357 g/mol. The molecular formula is C14H11BrF3N3. The molecule has 0 bridgehead atoms. The highest BCUT2D eigenvalue weighted by Gasteiger charge is 2.30. The van der Waals surface area contributed by atoms with Crippen LogP contribution in [0.3, 0.4) is 0 Å². The Morgan fingerprint density at radius 3 is 2.48 bits per heavy atom. The van der Waals surface area contributed by atoms with Gasteiger partial charge in [0.05, 0.1) is 11.3 Å². The van der Waals surface area contributed by atoms with E-state index in [-0.39, 0.29) is 5.82 Å². The van der Waals surface area contributed by atoms with Gasteiger partial charge >= 0.3 is 6.18 Å². The number of nitrogens with zero attached hydrogens (tertiary/aromatic N) is 2. The van der Waals surface area contributed by atoms with Crippen molar-refractivity contribution in [1.82, 2.24) is 4.98 Å². The lowest BCUT2D eigenvalue weighted by atomic mass is 10.1. The first-order chi connectivity index (χ1) is 9.88. The van der Waals surface area contributed by atoms with Gasteiger partial charge in [-0.15, -0.1) is 0 Å². The van der Waals surface area contributed by atoms with Gasteiger partial charge in [0.1, 0.15) is 5.82 Å². The fraction of sp³-hybridized carbons (Fsp3) is 0.143. The number of rotatable bonds is 3. The molecule has 1 aromatic carbocycles. The highest BCUT2D eigenvalue weighted by molar-refractivity contribution is 9.10. The van der Waals surface area contributed by atoms with Crippen LogP contribution < -0.4 is 5.43 Å². The van der Waals surface area contributed by atoms with Gasteiger partial charge in [0.25, 0.3) is 0 Å². The molecular weight excluding hydrogens is 347 g/mol. The number of anilines is 1. The number of nitrogens with one attached hydrogen (secondary N) is 1. The van der Waals surface area contributed by atoms with Crippen molar-refractivity contribution < 1.29 is 13.2 Å². The Bertz CT molecular complexity index is 651. The number of pyridine rings is 1. The van der Waals surface area contributed by atoms with E-state index in [2.05, 4.69) is 31.4 Å². The van der Waals surface area contributed by atoms with Crippen LogP contribution in [0.5, 0.6) is 0 Å². The van der Waals surface area contributed by atoms with Crippen molar-refractivity contribution in [2.45, 2.75) is 13.1 Å². The first-order valence-corrected chi connectivity index (χ1v) is 6.75. The quantitative estimate of drug-likeness (QED) is 0.638. The van der Waals surface area contributed by atoms with E-state index in [1.807, 2.05) is 24.3 Å². The zero-order chi connectivity index (χ0) is 15.5. The SMILES string of the molecule is C/C(=N/Nc1ccc(C(F)(F)F)cn1)c1ccccc1Br. The summed E-state index contributed by atoms with van der Waals surface area (Å²) in [4.78, 5) is 3.68. The van der Waals surface area contributed by atoms with Gasteiger partial charge in [-0.1, -0.05) is 34.1 Å². The van der Waals surface area contributed by atoms with Crippen LogP contribution in [0.15, 0.2) is 52.2 Å². The van der Waals surface area contributed by atoms with Gasteiger partial charge in [-0.05, 0) is 25.1 Å². The molecule has 110 valence electrons. The van der Waals surface area contributed by atoms with Gasteiger partial charge < -0.3 is 0 Å². The number of hydrogen-bond donors (Lipinski definition) is 1. The third-order valence-corrected chi connectivity index (χ3v) is 3.38. The Kier molecular flexibility index (Phi) is 4.62. The van der Waals surface area contributed by atoms with E-state index in [1.54, 1.807) is 6.92 Å². The van der Waals surface area contributed by atoms with Crippen LogP contribution in [-0.2, 0) is 6.18 Å². The lowest BCUT2D eigenvalue weighted by molar-refractivity contribution is -0.137. The van der Waals surface area contributed by atoms with Crippen molar-refractivity contribution in [3.8, 4) is 0 Å². The van der Waals surface area contributed by atoms with Gasteiger partial charge in [0, 0.05) is 16.2 Å². The molecule has 7 heteroatoms. The summed E-state index contributed by atoms with van der Waals surface area (Å²) in [5.41, 5.74) is 3.42. The molecule has 1 heterocycles. The minimum Gasteiger partial charge on any atom is -0.261 e. The standard InChI is InChI=1S/C14H11BrF3N3/c1-9(11-4-2-3-5-12(11)15)20-21-13-7-6-10(8-19-13)14(16,17)18/h2-8H,1H3,(H,19,21)/b20-9-. The summed E-state index contributed by atoms with van der Waals surface area (Å²) >= 11 is 3.41. The molecule has 21 heavy (non-hydrogen) atoms. The lowest BCUT2D eigenvalue weighted by Gasteiger charge is -2.07. The molecule has 0 radical (unpaired) electrons. The van der Waals surface area contributed by atoms with Crippen LogP contribution in [-0.4, -0.2) is 10.7 Å². The van der Waals surface area contributed by atoms with Crippen molar-refractivity contribution >= 4 is 27.5 Å². The van der Waals surface area contributed by atoms with Crippen LogP contribution in [0.1, 0.15) is 18.1 Å². The minimum atomic E-state index is -4.39. The molecule has 2 aromatic rings. The second-order valence-corrected chi connectivity index (χ2v) is 5.07. The molecule has 0 saturated heterocycles. The molecule has 1 aromatic heterocycles. The minimum absolute atomic E-state index is 0.245. The molecule has 0 spiro atoms. The summed E-state index contributed by atoms with van der Waals surface area (Å²) in [6, 6.07) is 9.70. The fourth-order valence-electron chi connectivity index (χ4n) is 1.58. The Morgan fingerprint density at radius 1 is 1.19 bits per heavy atom. The summed E-state index contributed by atoms with van der Waals surface area (Å²) in [5, 5.41) is 4.11. The summed E-state index contributed by atoms with van der Waals surface area (Å²) in [6.45, 7) is 1.79. The Balaban J connectivity index is 2.12. The third-order valence-electron chi connectivity index (χ3n) is 2.69. The van der Waals surface area contributed by atoms with E-state index < -0.39 is 11.7 Å². The largest absolute Gasteiger partial charge is 0.417 e. The van der Waals surface area contributed by atoms with E-state index in [9.17, 15) is 13.2 Å². The zero-order valence-electron chi connectivity index (χ0n) is 10.9. The van der Waals surface area contributed by atoms with Crippen molar-refractivity contribution in [2.75, 3.05) is 5.43 Å². The van der Waals surface area contributed by atoms with E-state index in [1.165, 1.54) is 6.07 Å². The summed E-state index contributed by atoms with van der Waals surface area (Å²) in [5.74, 6) is 0.245. The number of benzene rings is 1. The molecule has 0 atom stereocenters. The average Bonchev–Trinajstić information content (AvgIpc) is 2.45. The van der Waals surface area contributed by atoms with Crippen molar-refractivity contribution in [1.29, 1.82) is 0 Å². The van der Waals surface area contributed by atoms with Crippen LogP contribution in [0.25, 0.3) is 0 Å². The second kappa shape index (κ2) is 6.26. The fourth-order valence-corrected chi connectivity index (χ4v) is 2.16. The van der Waals surface area contributed by atoms with Crippen molar-refractivity contribution in [2.24, 2.45) is 5.10 Å². The van der Waals surface area contributed by atoms with Crippen LogP contribution in [0, 0.1) is 0 Å². The van der Waals surface area contributed by atoms with Crippen LogP contribution in [0.2, 0.25) is 0 Å². The molecule has 0 fully saturated rings. The van der Waals surface area contributed by atoms with Gasteiger partial charge in [-0.2, -0.15) is 18.3 Å². The molecule has 1 N–H and O–H groups in total. The third kappa shape index (κ3) is 4.04. The number of aromatic nitrogens is 1. The first-order valence-electron chi connectivity index (χ1n) is 5.96. The first kappa shape index (κ1) is 15.5. The zero-order valence-corrected chi connectivity index (χ0v) is 12.5. The number of alkyl halides is 3. The molecule has 2 rings (SSSR count). The maximum atomic E-state index is 12.4. The summed E-state index contributed by atoms with van der Waals surface area (Å²) < 4.78 is 38.1. The van der Waals surface area contributed by atoms with Gasteiger partial charge in [0.15, 0.2) is 0 Å². The normalized spacial score (nSPS) is 12.3. The van der Waals surface area contributed by atoms with Gasteiger partial charge in [-0.3, -0.25) is 5.43 Å². The molecule has 3 nitrogen and oxygen atoms in total. The molecule has 0 amide bonds. The number of halogens is 4. The predicted molar refractivity (Wildman–Crippen MR) is 79.2 cm³/mol. The Labute approximate surface area is 128 Å². The van der Waals surface area contributed by atoms with Crippen molar-refractivity contribution in [3.63, 3.8) is 0 Å². The highest BCUT2D eigenvalue weighted by atomic mass is 79.9. The lowest BCUT2D eigenvalue weighted by Crippen LogP contribution is -2.06. The smallest absolute Gasteiger partial charge is 0.261 e. The molecule has 0 aliphatic carbocycles. The summed E-state index contributed by atoms with van der Waals surface area (Å²) in [7, 11) is 0. The van der Waals surface area contributed by atoms with E-state index in [4.69, 9.17) is 0 Å². The van der Waals surface area contributed by atoms with Gasteiger partial charge in [-0.25, -0.2) is 4.98 Å². The average molecular weight is 358 g/mol.